The molecule has 2 rings (SSSR count). The summed E-state index contributed by atoms with van der Waals surface area (Å²) in [5, 5.41) is 23.3. The van der Waals surface area contributed by atoms with E-state index in [9.17, 15) is 10.2 Å². The second kappa shape index (κ2) is 7.29. The van der Waals surface area contributed by atoms with Crippen molar-refractivity contribution in [1.82, 2.24) is 5.32 Å². The summed E-state index contributed by atoms with van der Waals surface area (Å²) in [5.74, 6) is 1.05. The molecule has 0 fully saturated rings. The van der Waals surface area contributed by atoms with E-state index in [-0.39, 0.29) is 5.75 Å². The van der Waals surface area contributed by atoms with Gasteiger partial charge in [-0.15, -0.1) is 0 Å². The maximum atomic E-state index is 10.1. The van der Waals surface area contributed by atoms with E-state index in [4.69, 9.17) is 4.74 Å². The summed E-state index contributed by atoms with van der Waals surface area (Å²) >= 11 is 0. The Morgan fingerprint density at radius 1 is 1.09 bits per heavy atom. The molecule has 4 heteroatoms. The van der Waals surface area contributed by atoms with Gasteiger partial charge in [-0.25, -0.2) is 0 Å². The Morgan fingerprint density at radius 3 is 2.36 bits per heavy atom. The van der Waals surface area contributed by atoms with Crippen molar-refractivity contribution in [2.24, 2.45) is 0 Å². The zero-order chi connectivity index (χ0) is 16.1. The van der Waals surface area contributed by atoms with Gasteiger partial charge in [0.15, 0.2) is 11.5 Å². The van der Waals surface area contributed by atoms with Crippen LogP contribution >= 0.6 is 0 Å². The molecule has 22 heavy (non-hydrogen) atoms. The van der Waals surface area contributed by atoms with Gasteiger partial charge < -0.3 is 20.3 Å². The summed E-state index contributed by atoms with van der Waals surface area (Å²) < 4.78 is 5.65. The van der Waals surface area contributed by atoms with Crippen LogP contribution in [0.4, 0.5) is 0 Å². The fourth-order valence-electron chi connectivity index (χ4n) is 2.03. The number of aliphatic hydroxyl groups excluding tert-OH is 1. The minimum atomic E-state index is -0.665. The lowest BCUT2D eigenvalue weighted by atomic mass is 10.1. The number of phenols is 1. The van der Waals surface area contributed by atoms with E-state index in [2.05, 4.69) is 5.32 Å². The molecule has 0 amide bonds. The summed E-state index contributed by atoms with van der Waals surface area (Å²) in [4.78, 5) is 0. The Kier molecular flexibility index (Phi) is 5.41. The van der Waals surface area contributed by atoms with Gasteiger partial charge in [-0.3, -0.25) is 0 Å². The maximum absolute atomic E-state index is 10.1. The minimum Gasteiger partial charge on any atom is -0.504 e. The first kappa shape index (κ1) is 16.3. The molecular weight excluding hydrogens is 278 g/mol. The van der Waals surface area contributed by atoms with Gasteiger partial charge >= 0.3 is 0 Å². The van der Waals surface area contributed by atoms with Crippen molar-refractivity contribution in [1.29, 1.82) is 0 Å². The zero-order valence-corrected chi connectivity index (χ0v) is 13.2. The minimum absolute atomic E-state index is 0.0154. The molecule has 0 aliphatic carbocycles. The quantitative estimate of drug-likeness (QED) is 0.764. The first-order chi connectivity index (χ1) is 10.5. The number of phenolic OH excluding ortho intramolecular Hbond substituents is 1. The largest absolute Gasteiger partial charge is 0.504 e. The summed E-state index contributed by atoms with van der Waals surface area (Å²) in [6.45, 7) is 6.48. The van der Waals surface area contributed by atoms with Gasteiger partial charge in [0.2, 0.25) is 0 Å². The molecule has 0 radical (unpaired) electrons. The molecule has 2 aromatic rings. The molecule has 0 bridgehead atoms. The SMILES string of the molecule is Cc1ccc(Oc2ccc(C(O)CNC(C)C)cc2O)cc1. The highest BCUT2D eigenvalue weighted by Crippen LogP contribution is 2.32. The van der Waals surface area contributed by atoms with Crippen molar-refractivity contribution in [3.05, 3.63) is 53.6 Å². The molecule has 2 aromatic carbocycles. The highest BCUT2D eigenvalue weighted by Gasteiger charge is 2.12. The van der Waals surface area contributed by atoms with Crippen molar-refractivity contribution in [2.75, 3.05) is 6.54 Å². The van der Waals surface area contributed by atoms with E-state index in [1.807, 2.05) is 45.0 Å². The lowest BCUT2D eigenvalue weighted by Gasteiger charge is -2.15. The Morgan fingerprint density at radius 2 is 1.77 bits per heavy atom. The number of aromatic hydroxyl groups is 1. The predicted molar refractivity (Wildman–Crippen MR) is 87.5 cm³/mol. The van der Waals surface area contributed by atoms with Crippen LogP contribution in [0.3, 0.4) is 0 Å². The maximum Gasteiger partial charge on any atom is 0.169 e. The van der Waals surface area contributed by atoms with Crippen LogP contribution in [0.2, 0.25) is 0 Å². The molecule has 4 nitrogen and oxygen atoms in total. The van der Waals surface area contributed by atoms with Crippen molar-refractivity contribution >= 4 is 0 Å². The normalized spacial score (nSPS) is 12.4. The van der Waals surface area contributed by atoms with Gasteiger partial charge in [0, 0.05) is 12.6 Å². The van der Waals surface area contributed by atoms with E-state index in [1.165, 1.54) is 6.07 Å². The Labute approximate surface area is 131 Å². The summed E-state index contributed by atoms with van der Waals surface area (Å²) in [7, 11) is 0. The zero-order valence-electron chi connectivity index (χ0n) is 13.2. The van der Waals surface area contributed by atoms with Gasteiger partial charge in [0.1, 0.15) is 5.75 Å². The molecule has 0 saturated carbocycles. The van der Waals surface area contributed by atoms with Gasteiger partial charge in [-0.2, -0.15) is 0 Å². The molecule has 118 valence electrons. The molecule has 0 saturated heterocycles. The monoisotopic (exact) mass is 301 g/mol. The number of hydrogen-bond acceptors (Lipinski definition) is 4. The first-order valence-electron chi connectivity index (χ1n) is 7.44. The van der Waals surface area contributed by atoms with Crippen LogP contribution in [0.25, 0.3) is 0 Å². The van der Waals surface area contributed by atoms with Crippen molar-refractivity contribution in [3.63, 3.8) is 0 Å². The summed E-state index contributed by atoms with van der Waals surface area (Å²) in [6, 6.07) is 12.9. The number of benzene rings is 2. The van der Waals surface area contributed by atoms with E-state index in [0.29, 0.717) is 29.6 Å². The van der Waals surface area contributed by atoms with Crippen molar-refractivity contribution < 1.29 is 14.9 Å². The third-order valence-electron chi connectivity index (χ3n) is 3.34. The molecule has 0 heterocycles. The van der Waals surface area contributed by atoms with Crippen LogP contribution < -0.4 is 10.1 Å². The highest BCUT2D eigenvalue weighted by atomic mass is 16.5. The number of aliphatic hydroxyl groups is 1. The first-order valence-corrected chi connectivity index (χ1v) is 7.44. The topological polar surface area (TPSA) is 61.7 Å². The molecular formula is C18H23NO3. The van der Waals surface area contributed by atoms with Crippen LogP contribution in [0.5, 0.6) is 17.2 Å². The fraction of sp³-hybridized carbons (Fsp3) is 0.333. The number of aryl methyl sites for hydroxylation is 1. The summed E-state index contributed by atoms with van der Waals surface area (Å²) in [5.41, 5.74) is 1.80. The molecule has 1 unspecified atom stereocenters. The van der Waals surface area contributed by atoms with Crippen molar-refractivity contribution in [3.8, 4) is 17.2 Å². The second-order valence-corrected chi connectivity index (χ2v) is 5.72. The van der Waals surface area contributed by atoms with Gasteiger partial charge in [0.05, 0.1) is 6.10 Å². The van der Waals surface area contributed by atoms with Gasteiger partial charge in [-0.1, -0.05) is 37.6 Å². The summed E-state index contributed by atoms with van der Waals surface area (Å²) in [6.07, 6.45) is -0.665. The number of ether oxygens (including phenoxy) is 1. The van der Waals surface area contributed by atoms with Gasteiger partial charge in [0.25, 0.3) is 0 Å². The van der Waals surface area contributed by atoms with Crippen LogP contribution in [-0.2, 0) is 0 Å². The van der Waals surface area contributed by atoms with Crippen LogP contribution in [0.15, 0.2) is 42.5 Å². The Balaban J connectivity index is 2.07. The average Bonchev–Trinajstić information content (AvgIpc) is 2.49. The van der Waals surface area contributed by atoms with Crippen LogP contribution in [0, 0.1) is 6.92 Å². The Hall–Kier alpha value is -2.04. The van der Waals surface area contributed by atoms with Gasteiger partial charge in [-0.05, 0) is 36.8 Å². The lowest BCUT2D eigenvalue weighted by molar-refractivity contribution is 0.171. The second-order valence-electron chi connectivity index (χ2n) is 5.72. The predicted octanol–water partition coefficient (Wildman–Crippen LogP) is 3.52. The molecule has 3 N–H and O–H groups in total. The highest BCUT2D eigenvalue weighted by molar-refractivity contribution is 5.45. The molecule has 0 aromatic heterocycles. The molecule has 1 atom stereocenters. The third-order valence-corrected chi connectivity index (χ3v) is 3.34. The van der Waals surface area contributed by atoms with Crippen LogP contribution in [0.1, 0.15) is 31.1 Å². The molecule has 0 spiro atoms. The number of hydrogen-bond donors (Lipinski definition) is 3. The van der Waals surface area contributed by atoms with Crippen molar-refractivity contribution in [2.45, 2.75) is 32.9 Å². The molecule has 0 aliphatic heterocycles. The van der Waals surface area contributed by atoms with E-state index >= 15 is 0 Å². The smallest absolute Gasteiger partial charge is 0.169 e. The standard InChI is InChI=1S/C18H23NO3/c1-12(2)19-11-17(21)14-6-9-18(16(20)10-14)22-15-7-4-13(3)5-8-15/h4-10,12,17,19-21H,11H2,1-3H3. The number of rotatable bonds is 6. The average molecular weight is 301 g/mol. The third kappa shape index (κ3) is 4.48. The van der Waals surface area contributed by atoms with E-state index in [1.54, 1.807) is 12.1 Å². The molecule has 0 aliphatic rings. The van der Waals surface area contributed by atoms with E-state index < -0.39 is 6.10 Å². The Bertz CT molecular complexity index is 608. The van der Waals surface area contributed by atoms with E-state index in [0.717, 1.165) is 5.56 Å². The lowest BCUT2D eigenvalue weighted by Crippen LogP contribution is -2.27. The fourth-order valence-corrected chi connectivity index (χ4v) is 2.03. The number of nitrogens with one attached hydrogen (secondary N) is 1. The van der Waals surface area contributed by atoms with Crippen LogP contribution in [-0.4, -0.2) is 22.8 Å².